The molecule has 0 unspecified atom stereocenters. The van der Waals surface area contributed by atoms with E-state index >= 15 is 0 Å². The quantitative estimate of drug-likeness (QED) is 0.549. The third-order valence-corrected chi connectivity index (χ3v) is 2.72. The van der Waals surface area contributed by atoms with E-state index in [2.05, 4.69) is 20.0 Å². The fourth-order valence-corrected chi connectivity index (χ4v) is 1.94. The van der Waals surface area contributed by atoms with Gasteiger partial charge in [-0.2, -0.15) is 0 Å². The molecule has 0 spiro atoms. The molecule has 1 aromatic carbocycles. The molecule has 0 radical (unpaired) electrons. The maximum atomic E-state index is 12.2. The van der Waals surface area contributed by atoms with Crippen LogP contribution in [0.5, 0.6) is 0 Å². The molecule has 24 heavy (non-hydrogen) atoms. The van der Waals surface area contributed by atoms with Crippen molar-refractivity contribution in [1.82, 2.24) is 0 Å². The summed E-state index contributed by atoms with van der Waals surface area (Å²) in [6.07, 6.45) is 0. The Hall–Kier alpha value is -1.56. The van der Waals surface area contributed by atoms with Crippen molar-refractivity contribution in [2.45, 2.75) is 34.6 Å². The van der Waals surface area contributed by atoms with E-state index in [1.165, 1.54) is 0 Å². The summed E-state index contributed by atoms with van der Waals surface area (Å²) in [6, 6.07) is 6.09. The first-order chi connectivity index (χ1) is 10.2. The molecular weight excluding hydrogens is 346 g/mol. The Morgan fingerprint density at radius 1 is 0.958 bits per heavy atom. The molecule has 6 heteroatoms. The van der Waals surface area contributed by atoms with Crippen molar-refractivity contribution in [3.8, 4) is 0 Å². The van der Waals surface area contributed by atoms with Crippen LogP contribution in [-0.2, 0) is 36.1 Å². The number of para-hydroxylation sites is 1. The minimum atomic E-state index is -0.344. The van der Waals surface area contributed by atoms with Crippen molar-refractivity contribution in [3.05, 3.63) is 56.7 Å². The van der Waals surface area contributed by atoms with Crippen LogP contribution in [0.15, 0.2) is 18.2 Å². The van der Waals surface area contributed by atoms with Gasteiger partial charge < -0.3 is 12.3 Å². The molecule has 0 atom stereocenters. The zero-order chi connectivity index (χ0) is 18.5. The number of carbonyl (C=O) groups is 1. The van der Waals surface area contributed by atoms with Gasteiger partial charge in [-0.25, -0.2) is 0 Å². The smallest absolute Gasteiger partial charge is 0 e. The Morgan fingerprint density at radius 2 is 1.25 bits per heavy atom. The topological polar surface area (TPSA) is 80.0 Å². The van der Waals surface area contributed by atoms with Crippen molar-refractivity contribution in [2.75, 3.05) is 11.9 Å². The Morgan fingerprint density at radius 3 is 1.50 bits per heavy atom. The zero-order valence-corrected chi connectivity index (χ0v) is 16.5. The molecule has 0 aliphatic heterocycles. The molecule has 0 saturated carbocycles. The number of amides is 1. The second-order valence-electron chi connectivity index (χ2n) is 5.35. The second-order valence-corrected chi connectivity index (χ2v) is 5.35. The average Bonchev–Trinajstić information content (AvgIpc) is 2.51. The third-order valence-electron chi connectivity index (χ3n) is 2.72. The molecule has 0 aliphatic carbocycles. The molecule has 0 saturated heterocycles. The SMILES string of the molecule is Cc1cccc(C)c1N(C)C(=O)C(C)(C)C.[C-]#[O+].[C-]#[O+].[C-]#[O+].[CH3-].[Cr]. The maximum absolute atomic E-state index is 12.2. The Bertz CT molecular complexity index is 494. The van der Waals surface area contributed by atoms with E-state index in [1.807, 2.05) is 59.9 Å². The summed E-state index contributed by atoms with van der Waals surface area (Å²) in [6.45, 7) is 23.4. The molecule has 0 aromatic heterocycles. The monoisotopic (exact) mass is 370 g/mol. The Balaban J connectivity index is -0.000000135. The first-order valence-electron chi connectivity index (χ1n) is 6.20. The summed E-state index contributed by atoms with van der Waals surface area (Å²) in [5, 5.41) is 0. The average molecular weight is 370 g/mol. The number of hydrogen-bond donors (Lipinski definition) is 0. The molecule has 1 aromatic rings. The van der Waals surface area contributed by atoms with E-state index in [0.717, 1.165) is 16.8 Å². The number of hydrogen-bond acceptors (Lipinski definition) is 1. The van der Waals surface area contributed by atoms with Gasteiger partial charge in [0.1, 0.15) is 0 Å². The summed E-state index contributed by atoms with van der Waals surface area (Å²) in [5.41, 5.74) is 2.96. The first kappa shape index (κ1) is 33.9. The predicted molar refractivity (Wildman–Crippen MR) is 87.0 cm³/mol. The first-order valence-corrected chi connectivity index (χ1v) is 6.20. The largest absolute Gasteiger partial charge is 0.358 e. The normalized spacial score (nSPS) is 7.83. The van der Waals surface area contributed by atoms with Gasteiger partial charge in [-0.3, -0.25) is 4.79 Å². The number of benzene rings is 1. The predicted octanol–water partition coefficient (Wildman–Crippen LogP) is 3.65. The number of rotatable bonds is 1. The van der Waals surface area contributed by atoms with Crippen LogP contribution in [0, 0.1) is 46.6 Å². The van der Waals surface area contributed by atoms with Crippen molar-refractivity contribution >= 4 is 11.6 Å². The fourth-order valence-electron chi connectivity index (χ4n) is 1.94. The van der Waals surface area contributed by atoms with Crippen LogP contribution in [0.1, 0.15) is 31.9 Å². The summed E-state index contributed by atoms with van der Waals surface area (Å²) >= 11 is 0. The number of anilines is 1. The minimum Gasteiger partial charge on any atom is -0.358 e. The molecular formula is C18H24CrNO4-. The fraction of sp³-hybridized carbons (Fsp3) is 0.389. The van der Waals surface area contributed by atoms with E-state index in [1.54, 1.807) is 4.90 Å². The minimum absolute atomic E-state index is 0. The Kier molecular flexibility index (Phi) is 25.1. The third kappa shape index (κ3) is 11.1. The van der Waals surface area contributed by atoms with Gasteiger partial charge in [0.05, 0.1) is 0 Å². The van der Waals surface area contributed by atoms with E-state index in [0.29, 0.717) is 0 Å². The van der Waals surface area contributed by atoms with Crippen molar-refractivity contribution in [3.63, 3.8) is 0 Å². The second kappa shape index (κ2) is 17.8. The van der Waals surface area contributed by atoms with Gasteiger partial charge in [0, 0.05) is 35.5 Å². The van der Waals surface area contributed by atoms with Crippen molar-refractivity contribution in [2.24, 2.45) is 5.41 Å². The zero-order valence-electron chi connectivity index (χ0n) is 15.2. The molecule has 0 heterocycles. The number of carbonyl (C=O) groups excluding carboxylic acids is 1. The van der Waals surface area contributed by atoms with Gasteiger partial charge in [-0.1, -0.05) is 39.0 Å². The van der Waals surface area contributed by atoms with Crippen LogP contribution in [-0.4, -0.2) is 13.0 Å². The van der Waals surface area contributed by atoms with Crippen LogP contribution >= 0.6 is 0 Å². The van der Waals surface area contributed by atoms with Gasteiger partial charge in [0.2, 0.25) is 5.91 Å². The number of nitrogens with zero attached hydrogens (tertiary/aromatic N) is 1. The molecule has 0 bridgehead atoms. The molecule has 0 fully saturated rings. The van der Waals surface area contributed by atoms with E-state index in [4.69, 9.17) is 14.0 Å². The molecule has 5 nitrogen and oxygen atoms in total. The molecule has 0 aliphatic rings. The van der Waals surface area contributed by atoms with Crippen LogP contribution in [0.3, 0.4) is 0 Å². The van der Waals surface area contributed by atoms with Crippen LogP contribution in [0.2, 0.25) is 0 Å². The summed E-state index contributed by atoms with van der Waals surface area (Å²) in [5.74, 6) is 0.143. The summed E-state index contributed by atoms with van der Waals surface area (Å²) in [7, 11) is 1.85. The molecule has 1 amide bonds. The van der Waals surface area contributed by atoms with Gasteiger partial charge >= 0.3 is 33.9 Å². The van der Waals surface area contributed by atoms with Crippen molar-refractivity contribution < 1.29 is 36.1 Å². The van der Waals surface area contributed by atoms with E-state index in [-0.39, 0.29) is 36.1 Å². The van der Waals surface area contributed by atoms with Gasteiger partial charge in [-0.15, -0.1) is 0 Å². The molecule has 132 valence electrons. The maximum Gasteiger partial charge on any atom is 0 e. The standard InChI is InChI=1S/C14H21NO.3CO.CH3.Cr/c1-10-8-7-9-11(2)12(10)15(6)13(16)14(3,4)5;3*1-2;;/h7-9H,1-6H3;;;;1H3;/q;;;;-1;. The van der Waals surface area contributed by atoms with Gasteiger partial charge in [0.15, 0.2) is 0 Å². The summed E-state index contributed by atoms with van der Waals surface area (Å²) < 4.78 is 22.5. The van der Waals surface area contributed by atoms with Gasteiger partial charge in [-0.05, 0) is 25.0 Å². The van der Waals surface area contributed by atoms with E-state index in [9.17, 15) is 4.79 Å². The molecule has 0 N–H and O–H groups in total. The van der Waals surface area contributed by atoms with Crippen LogP contribution in [0.4, 0.5) is 5.69 Å². The van der Waals surface area contributed by atoms with Crippen LogP contribution in [0.25, 0.3) is 0 Å². The number of aryl methyl sites for hydroxylation is 2. The summed E-state index contributed by atoms with van der Waals surface area (Å²) in [4.78, 5) is 14.0. The van der Waals surface area contributed by atoms with Gasteiger partial charge in [0.25, 0.3) is 0 Å². The molecule has 1 rings (SSSR count). The Labute approximate surface area is 156 Å². The van der Waals surface area contributed by atoms with Crippen molar-refractivity contribution in [1.29, 1.82) is 0 Å². The van der Waals surface area contributed by atoms with Crippen LogP contribution < -0.4 is 4.90 Å². The van der Waals surface area contributed by atoms with E-state index < -0.39 is 0 Å².